The standard InChI is InChI=1S/C16H24FN3O.HI/c1-2-21-11-5-10-19-15(18)20-12-16(8-9-16)13-6-3-4-7-14(13)17;/h3-4,6-7H,2,5,8-12H2,1H3,(H3,18,19,20);1H. The Kier molecular flexibility index (Phi) is 8.09. The van der Waals surface area contributed by atoms with Gasteiger partial charge in [-0.2, -0.15) is 0 Å². The molecule has 1 aromatic carbocycles. The first-order valence-electron chi connectivity index (χ1n) is 7.54. The number of rotatable bonds is 8. The van der Waals surface area contributed by atoms with Crippen molar-refractivity contribution in [3.05, 3.63) is 35.6 Å². The fourth-order valence-electron chi connectivity index (χ4n) is 2.38. The second kappa shape index (κ2) is 9.29. The monoisotopic (exact) mass is 421 g/mol. The molecule has 0 heterocycles. The number of hydrogen-bond acceptors (Lipinski definition) is 2. The zero-order chi connectivity index (χ0) is 15.1. The van der Waals surface area contributed by atoms with E-state index >= 15 is 0 Å². The van der Waals surface area contributed by atoms with Gasteiger partial charge in [-0.05, 0) is 37.8 Å². The van der Waals surface area contributed by atoms with Crippen molar-refractivity contribution in [2.45, 2.75) is 31.6 Å². The number of benzene rings is 1. The minimum atomic E-state index is -0.150. The lowest BCUT2D eigenvalue weighted by atomic mass is 9.95. The van der Waals surface area contributed by atoms with Gasteiger partial charge in [-0.1, -0.05) is 18.2 Å². The third-order valence-electron chi connectivity index (χ3n) is 3.83. The van der Waals surface area contributed by atoms with Crippen LogP contribution in [-0.2, 0) is 10.2 Å². The van der Waals surface area contributed by atoms with Gasteiger partial charge < -0.3 is 15.8 Å². The van der Waals surface area contributed by atoms with E-state index in [-0.39, 0.29) is 35.2 Å². The molecule has 0 atom stereocenters. The lowest BCUT2D eigenvalue weighted by Crippen LogP contribution is -2.33. The molecule has 4 nitrogen and oxygen atoms in total. The maximum Gasteiger partial charge on any atom is 0.188 e. The predicted molar refractivity (Wildman–Crippen MR) is 98.3 cm³/mol. The maximum absolute atomic E-state index is 13.9. The highest BCUT2D eigenvalue weighted by Crippen LogP contribution is 2.49. The molecule has 1 saturated carbocycles. The van der Waals surface area contributed by atoms with Crippen molar-refractivity contribution in [3.8, 4) is 0 Å². The van der Waals surface area contributed by atoms with Crippen molar-refractivity contribution in [2.24, 2.45) is 10.7 Å². The normalized spacial score (nSPS) is 16.0. The Labute approximate surface area is 148 Å². The summed E-state index contributed by atoms with van der Waals surface area (Å²) in [4.78, 5) is 4.37. The Morgan fingerprint density at radius 1 is 1.41 bits per heavy atom. The third kappa shape index (κ3) is 5.39. The quantitative estimate of drug-likeness (QED) is 0.294. The summed E-state index contributed by atoms with van der Waals surface area (Å²) >= 11 is 0. The Morgan fingerprint density at radius 3 is 2.77 bits per heavy atom. The molecule has 0 aliphatic heterocycles. The van der Waals surface area contributed by atoms with E-state index in [2.05, 4.69) is 10.3 Å². The first-order chi connectivity index (χ1) is 10.2. The molecule has 124 valence electrons. The SMILES string of the molecule is CCOCCCNC(N)=NCC1(c2ccccc2F)CC1.I. The summed E-state index contributed by atoms with van der Waals surface area (Å²) in [5.74, 6) is 0.280. The molecule has 0 radical (unpaired) electrons. The third-order valence-corrected chi connectivity index (χ3v) is 3.83. The Hall–Kier alpha value is -0.890. The van der Waals surface area contributed by atoms with Crippen molar-refractivity contribution >= 4 is 29.9 Å². The molecule has 0 aromatic heterocycles. The molecule has 2 rings (SSSR count). The van der Waals surface area contributed by atoms with Crippen molar-refractivity contribution in [1.29, 1.82) is 0 Å². The van der Waals surface area contributed by atoms with E-state index in [4.69, 9.17) is 10.5 Å². The second-order valence-corrected chi connectivity index (χ2v) is 5.44. The molecule has 0 amide bonds. The lowest BCUT2D eigenvalue weighted by molar-refractivity contribution is 0.145. The summed E-state index contributed by atoms with van der Waals surface area (Å²) < 4.78 is 19.1. The lowest BCUT2D eigenvalue weighted by Gasteiger charge is -2.14. The van der Waals surface area contributed by atoms with Crippen LogP contribution in [0.3, 0.4) is 0 Å². The molecule has 0 unspecified atom stereocenters. The van der Waals surface area contributed by atoms with Crippen LogP contribution in [0, 0.1) is 5.82 Å². The molecule has 1 fully saturated rings. The van der Waals surface area contributed by atoms with Gasteiger partial charge in [0, 0.05) is 25.2 Å². The summed E-state index contributed by atoms with van der Waals surface area (Å²) in [6.07, 6.45) is 2.83. The fraction of sp³-hybridized carbons (Fsp3) is 0.562. The Bertz CT molecular complexity index is 492. The molecular formula is C16H25FIN3O. The average Bonchev–Trinajstić information content (AvgIpc) is 3.26. The number of nitrogens with two attached hydrogens (primary N) is 1. The van der Waals surface area contributed by atoms with Gasteiger partial charge in [-0.25, -0.2) is 4.39 Å². The summed E-state index contributed by atoms with van der Waals surface area (Å²) in [7, 11) is 0. The fourth-order valence-corrected chi connectivity index (χ4v) is 2.38. The van der Waals surface area contributed by atoms with E-state index in [1.165, 1.54) is 6.07 Å². The van der Waals surface area contributed by atoms with Crippen LogP contribution in [0.4, 0.5) is 4.39 Å². The molecule has 1 aliphatic carbocycles. The molecule has 22 heavy (non-hydrogen) atoms. The zero-order valence-corrected chi connectivity index (χ0v) is 15.3. The van der Waals surface area contributed by atoms with Crippen LogP contribution in [0.15, 0.2) is 29.3 Å². The number of hydrogen-bond donors (Lipinski definition) is 2. The van der Waals surface area contributed by atoms with Gasteiger partial charge in [-0.15, -0.1) is 24.0 Å². The van der Waals surface area contributed by atoms with Gasteiger partial charge in [0.1, 0.15) is 5.82 Å². The molecule has 1 aromatic rings. The summed E-state index contributed by atoms with van der Waals surface area (Å²) in [6, 6.07) is 6.95. The Morgan fingerprint density at radius 2 is 2.14 bits per heavy atom. The summed E-state index contributed by atoms with van der Waals surface area (Å²) in [6.45, 7) is 4.70. The van der Waals surface area contributed by atoms with Crippen LogP contribution in [0.2, 0.25) is 0 Å². The van der Waals surface area contributed by atoms with Gasteiger partial charge in [-0.3, -0.25) is 4.99 Å². The maximum atomic E-state index is 13.9. The van der Waals surface area contributed by atoms with Crippen LogP contribution in [0.5, 0.6) is 0 Å². The van der Waals surface area contributed by atoms with Gasteiger partial charge >= 0.3 is 0 Å². The Balaban J connectivity index is 0.00000242. The zero-order valence-electron chi connectivity index (χ0n) is 13.0. The van der Waals surface area contributed by atoms with Crippen LogP contribution >= 0.6 is 24.0 Å². The number of nitrogens with one attached hydrogen (secondary N) is 1. The van der Waals surface area contributed by atoms with E-state index in [0.29, 0.717) is 12.5 Å². The van der Waals surface area contributed by atoms with E-state index in [0.717, 1.165) is 44.6 Å². The van der Waals surface area contributed by atoms with Gasteiger partial charge in [0.2, 0.25) is 0 Å². The number of ether oxygens (including phenoxy) is 1. The molecule has 0 spiro atoms. The number of nitrogens with zero attached hydrogens (tertiary/aromatic N) is 1. The van der Waals surface area contributed by atoms with E-state index in [9.17, 15) is 4.39 Å². The molecule has 3 N–H and O–H groups in total. The van der Waals surface area contributed by atoms with E-state index in [1.807, 2.05) is 19.1 Å². The summed E-state index contributed by atoms with van der Waals surface area (Å²) in [5, 5.41) is 3.06. The van der Waals surface area contributed by atoms with E-state index < -0.39 is 0 Å². The second-order valence-electron chi connectivity index (χ2n) is 5.44. The molecule has 6 heteroatoms. The first-order valence-corrected chi connectivity index (χ1v) is 7.54. The number of guanidine groups is 1. The topological polar surface area (TPSA) is 59.6 Å². The molecule has 1 aliphatic rings. The van der Waals surface area contributed by atoms with Crippen molar-refractivity contribution in [3.63, 3.8) is 0 Å². The molecule has 0 saturated heterocycles. The van der Waals surface area contributed by atoms with E-state index in [1.54, 1.807) is 6.07 Å². The van der Waals surface area contributed by atoms with Crippen molar-refractivity contribution in [1.82, 2.24) is 5.32 Å². The van der Waals surface area contributed by atoms with Crippen LogP contribution in [0.1, 0.15) is 31.7 Å². The van der Waals surface area contributed by atoms with Crippen LogP contribution < -0.4 is 11.1 Å². The highest BCUT2D eigenvalue weighted by molar-refractivity contribution is 14.0. The molecule has 0 bridgehead atoms. The van der Waals surface area contributed by atoms with Gasteiger partial charge in [0.15, 0.2) is 5.96 Å². The number of aliphatic imine (C=N–C) groups is 1. The smallest absolute Gasteiger partial charge is 0.188 e. The summed E-state index contributed by atoms with van der Waals surface area (Å²) in [5.41, 5.74) is 6.46. The van der Waals surface area contributed by atoms with Gasteiger partial charge in [0.25, 0.3) is 0 Å². The van der Waals surface area contributed by atoms with Crippen molar-refractivity contribution < 1.29 is 9.13 Å². The minimum absolute atomic E-state index is 0. The van der Waals surface area contributed by atoms with Crippen molar-refractivity contribution in [2.75, 3.05) is 26.3 Å². The molecular weight excluding hydrogens is 396 g/mol. The highest BCUT2D eigenvalue weighted by atomic mass is 127. The highest BCUT2D eigenvalue weighted by Gasteiger charge is 2.45. The van der Waals surface area contributed by atoms with Gasteiger partial charge in [0.05, 0.1) is 6.54 Å². The largest absolute Gasteiger partial charge is 0.382 e. The number of halogens is 2. The van der Waals surface area contributed by atoms with Crippen LogP contribution in [0.25, 0.3) is 0 Å². The first kappa shape index (κ1) is 19.2. The average molecular weight is 421 g/mol. The van der Waals surface area contributed by atoms with Crippen LogP contribution in [-0.4, -0.2) is 32.3 Å². The minimum Gasteiger partial charge on any atom is -0.382 e. The predicted octanol–water partition coefficient (Wildman–Crippen LogP) is 2.81.